The monoisotopic (exact) mass is 112 g/mol. The summed E-state index contributed by atoms with van der Waals surface area (Å²) in [6.45, 7) is 4.04. The van der Waals surface area contributed by atoms with Crippen LogP contribution in [0.2, 0.25) is 0 Å². The molecule has 0 spiro atoms. The van der Waals surface area contributed by atoms with Crippen LogP contribution in [0.25, 0.3) is 0 Å². The van der Waals surface area contributed by atoms with Crippen molar-refractivity contribution in [3.05, 3.63) is 23.8 Å². The number of allylic oxidation sites excluding steroid dienone is 3. The first-order chi connectivity index (χ1) is 3.81. The van der Waals surface area contributed by atoms with E-state index in [4.69, 9.17) is 5.11 Å². The van der Waals surface area contributed by atoms with E-state index < -0.39 is 0 Å². The van der Waals surface area contributed by atoms with Crippen LogP contribution in [0.3, 0.4) is 0 Å². The zero-order valence-corrected chi connectivity index (χ0v) is 5.39. The maximum absolute atomic E-state index is 8.35. The lowest BCUT2D eigenvalue weighted by atomic mass is 10.3. The molecule has 0 aliphatic carbocycles. The number of rotatable bonds is 2. The minimum atomic E-state index is 0.135. The largest absolute Gasteiger partial charge is 0.392 e. The number of hydrogen-bond acceptors (Lipinski definition) is 1. The van der Waals surface area contributed by atoms with Crippen LogP contribution >= 0.6 is 0 Å². The Bertz CT molecular complexity index is 101. The molecule has 0 saturated heterocycles. The lowest BCUT2D eigenvalue weighted by molar-refractivity contribution is 0.342. The van der Waals surface area contributed by atoms with E-state index in [9.17, 15) is 0 Å². The first-order valence-corrected chi connectivity index (χ1v) is 2.71. The predicted octanol–water partition coefficient (Wildman–Crippen LogP) is 1.50. The molecule has 0 aliphatic rings. The fraction of sp³-hybridized carbons (Fsp3) is 0.429. The van der Waals surface area contributed by atoms with Crippen LogP contribution in [0.5, 0.6) is 0 Å². The molecule has 0 rings (SSSR count). The molecule has 0 heterocycles. The summed E-state index contributed by atoms with van der Waals surface area (Å²) in [4.78, 5) is 0. The van der Waals surface area contributed by atoms with Crippen molar-refractivity contribution in [1.29, 1.82) is 0 Å². The standard InChI is InChI=1S/C7H12O/c1-3-4-7(2)5-6-8/h3-5,8H,6H2,1-2H3/b4-3-,7-5+. The van der Waals surface area contributed by atoms with Gasteiger partial charge in [0.15, 0.2) is 0 Å². The van der Waals surface area contributed by atoms with E-state index in [1.807, 2.05) is 26.0 Å². The Kier molecular flexibility index (Phi) is 4.27. The molecule has 8 heavy (non-hydrogen) atoms. The van der Waals surface area contributed by atoms with E-state index in [0.717, 1.165) is 5.57 Å². The van der Waals surface area contributed by atoms with Crippen molar-refractivity contribution in [2.45, 2.75) is 13.8 Å². The van der Waals surface area contributed by atoms with Gasteiger partial charge in [0.25, 0.3) is 0 Å². The van der Waals surface area contributed by atoms with E-state index in [-0.39, 0.29) is 6.61 Å². The quantitative estimate of drug-likeness (QED) is 0.537. The van der Waals surface area contributed by atoms with Crippen molar-refractivity contribution in [3.63, 3.8) is 0 Å². The van der Waals surface area contributed by atoms with Crippen LogP contribution < -0.4 is 0 Å². The molecule has 0 radical (unpaired) electrons. The van der Waals surface area contributed by atoms with Crippen molar-refractivity contribution >= 4 is 0 Å². The van der Waals surface area contributed by atoms with Gasteiger partial charge in [-0.05, 0) is 13.8 Å². The van der Waals surface area contributed by atoms with Gasteiger partial charge in [0.1, 0.15) is 0 Å². The molecular weight excluding hydrogens is 100 g/mol. The van der Waals surface area contributed by atoms with Crippen LogP contribution in [0, 0.1) is 0 Å². The van der Waals surface area contributed by atoms with Crippen LogP contribution in [0.4, 0.5) is 0 Å². The zero-order chi connectivity index (χ0) is 6.41. The van der Waals surface area contributed by atoms with E-state index >= 15 is 0 Å². The van der Waals surface area contributed by atoms with Gasteiger partial charge < -0.3 is 5.11 Å². The SMILES string of the molecule is C/C=C\C(C)=C\CO. The summed E-state index contributed by atoms with van der Waals surface area (Å²) < 4.78 is 0. The van der Waals surface area contributed by atoms with E-state index in [1.165, 1.54) is 0 Å². The lowest BCUT2D eigenvalue weighted by Gasteiger charge is -1.85. The first-order valence-electron chi connectivity index (χ1n) is 2.71. The first kappa shape index (κ1) is 7.44. The highest BCUT2D eigenvalue weighted by Crippen LogP contribution is 1.91. The second kappa shape index (κ2) is 4.60. The summed E-state index contributed by atoms with van der Waals surface area (Å²) in [5.41, 5.74) is 1.11. The Morgan fingerprint density at radius 1 is 1.62 bits per heavy atom. The highest BCUT2D eigenvalue weighted by molar-refractivity contribution is 5.14. The molecular formula is C7H12O. The molecule has 1 nitrogen and oxygen atoms in total. The van der Waals surface area contributed by atoms with Gasteiger partial charge in [-0.1, -0.05) is 23.8 Å². The molecule has 0 atom stereocenters. The van der Waals surface area contributed by atoms with Gasteiger partial charge in [-0.3, -0.25) is 0 Å². The van der Waals surface area contributed by atoms with Gasteiger partial charge in [0.2, 0.25) is 0 Å². The third-order valence-corrected chi connectivity index (χ3v) is 0.843. The summed E-state index contributed by atoms with van der Waals surface area (Å²) in [6.07, 6.45) is 5.66. The van der Waals surface area contributed by atoms with Gasteiger partial charge in [0, 0.05) is 0 Å². The van der Waals surface area contributed by atoms with Crippen LogP contribution in [-0.2, 0) is 0 Å². The fourth-order valence-electron chi connectivity index (χ4n) is 0.475. The van der Waals surface area contributed by atoms with Gasteiger partial charge in [0.05, 0.1) is 6.61 Å². The van der Waals surface area contributed by atoms with Crippen molar-refractivity contribution < 1.29 is 5.11 Å². The summed E-state index contributed by atoms with van der Waals surface area (Å²) in [6, 6.07) is 0. The normalized spacial score (nSPS) is 13.1. The average molecular weight is 112 g/mol. The molecule has 1 heteroatoms. The second-order valence-corrected chi connectivity index (χ2v) is 1.63. The van der Waals surface area contributed by atoms with E-state index in [2.05, 4.69) is 0 Å². The third-order valence-electron chi connectivity index (χ3n) is 0.843. The molecule has 0 unspecified atom stereocenters. The van der Waals surface area contributed by atoms with Gasteiger partial charge in [-0.25, -0.2) is 0 Å². The Morgan fingerprint density at radius 2 is 2.25 bits per heavy atom. The third kappa shape index (κ3) is 3.62. The molecule has 0 bridgehead atoms. The van der Waals surface area contributed by atoms with Gasteiger partial charge in [-0.2, -0.15) is 0 Å². The van der Waals surface area contributed by atoms with Crippen molar-refractivity contribution in [2.24, 2.45) is 0 Å². The lowest BCUT2D eigenvalue weighted by Crippen LogP contribution is -1.74. The number of aliphatic hydroxyl groups is 1. The topological polar surface area (TPSA) is 20.2 Å². The minimum Gasteiger partial charge on any atom is -0.392 e. The fourth-order valence-corrected chi connectivity index (χ4v) is 0.475. The summed E-state index contributed by atoms with van der Waals surface area (Å²) in [7, 11) is 0. The van der Waals surface area contributed by atoms with Crippen LogP contribution in [0.15, 0.2) is 23.8 Å². The molecule has 0 amide bonds. The smallest absolute Gasteiger partial charge is 0.0617 e. The Morgan fingerprint density at radius 3 is 2.62 bits per heavy atom. The van der Waals surface area contributed by atoms with Crippen molar-refractivity contribution in [3.8, 4) is 0 Å². The Hall–Kier alpha value is -0.560. The minimum absolute atomic E-state index is 0.135. The molecule has 0 saturated carbocycles. The molecule has 0 fully saturated rings. The van der Waals surface area contributed by atoms with Gasteiger partial charge >= 0.3 is 0 Å². The molecule has 1 N–H and O–H groups in total. The van der Waals surface area contributed by atoms with Crippen LogP contribution in [-0.4, -0.2) is 11.7 Å². The average Bonchev–Trinajstić information content (AvgIpc) is 1.68. The predicted molar refractivity (Wildman–Crippen MR) is 35.7 cm³/mol. The van der Waals surface area contributed by atoms with Crippen molar-refractivity contribution in [1.82, 2.24) is 0 Å². The highest BCUT2D eigenvalue weighted by atomic mass is 16.2. The molecule has 0 aliphatic heterocycles. The molecule has 46 valence electrons. The number of hydrogen-bond donors (Lipinski definition) is 1. The summed E-state index contributed by atoms with van der Waals surface area (Å²) in [5, 5.41) is 8.35. The maximum atomic E-state index is 8.35. The Balaban J connectivity index is 3.61. The van der Waals surface area contributed by atoms with Crippen molar-refractivity contribution in [2.75, 3.05) is 6.61 Å². The summed E-state index contributed by atoms with van der Waals surface area (Å²) in [5.74, 6) is 0. The van der Waals surface area contributed by atoms with E-state index in [1.54, 1.807) is 6.08 Å². The Labute approximate surface area is 50.3 Å². The van der Waals surface area contributed by atoms with Gasteiger partial charge in [-0.15, -0.1) is 0 Å². The molecule has 0 aromatic rings. The van der Waals surface area contributed by atoms with E-state index in [0.29, 0.717) is 0 Å². The highest BCUT2D eigenvalue weighted by Gasteiger charge is 1.74. The maximum Gasteiger partial charge on any atom is 0.0617 e. The summed E-state index contributed by atoms with van der Waals surface area (Å²) >= 11 is 0. The zero-order valence-electron chi connectivity index (χ0n) is 5.39. The second-order valence-electron chi connectivity index (χ2n) is 1.63. The number of aliphatic hydroxyl groups excluding tert-OH is 1. The molecule has 0 aromatic carbocycles. The van der Waals surface area contributed by atoms with Crippen LogP contribution in [0.1, 0.15) is 13.8 Å². The molecule has 0 aromatic heterocycles.